The van der Waals surface area contributed by atoms with Crippen molar-refractivity contribution in [1.29, 1.82) is 0 Å². The molecule has 1 aromatic carbocycles. The number of benzene rings is 1. The minimum Gasteiger partial charge on any atom is -0.501 e. The van der Waals surface area contributed by atoms with Gasteiger partial charge in [-0.05, 0) is 36.0 Å². The summed E-state index contributed by atoms with van der Waals surface area (Å²) in [4.78, 5) is 45.4. The van der Waals surface area contributed by atoms with Gasteiger partial charge in [0.2, 0.25) is 17.4 Å². The maximum atomic E-state index is 13.2. The van der Waals surface area contributed by atoms with Crippen LogP contribution >= 0.6 is 23.2 Å². The third kappa shape index (κ3) is 6.05. The first-order valence-electron chi connectivity index (χ1n) is 12.1. The number of carbonyl (C=O) groups excluding carboxylic acids is 2. The Hall–Kier alpha value is -2.89. The van der Waals surface area contributed by atoms with Gasteiger partial charge in [-0.3, -0.25) is 18.6 Å². The summed E-state index contributed by atoms with van der Waals surface area (Å²) < 4.78 is 14.6. The molecule has 2 aromatic heterocycles. The third-order valence-corrected chi connectivity index (χ3v) is 7.86. The highest BCUT2D eigenvalue weighted by molar-refractivity contribution is 7.83. The van der Waals surface area contributed by atoms with Gasteiger partial charge in [0.1, 0.15) is 6.54 Å². The standard InChI is InChI=1S/C25H29Cl2N5O5S/c1-14-6-15(2)10-30(9-14)20(33)12-31-11-17(13-38(3)37)32-24(36)22(34)21(29-25(31)32)23(35)28-8-16-4-5-18(26)19(27)7-16/h4-5,7,11,14-15,34H,6,8-10,12-13H2,1-3H3,(H,28,35). The fourth-order valence-corrected chi connectivity index (χ4v) is 5.80. The lowest BCUT2D eigenvalue weighted by Crippen LogP contribution is -2.44. The Morgan fingerprint density at radius 2 is 1.87 bits per heavy atom. The molecule has 2 amide bonds. The van der Waals surface area contributed by atoms with E-state index < -0.39 is 33.7 Å². The van der Waals surface area contributed by atoms with Crippen molar-refractivity contribution in [2.75, 3.05) is 19.3 Å². The average Bonchev–Trinajstić information content (AvgIpc) is 3.17. The van der Waals surface area contributed by atoms with E-state index in [0.29, 0.717) is 46.2 Å². The van der Waals surface area contributed by atoms with Crippen molar-refractivity contribution >= 4 is 51.6 Å². The second kappa shape index (κ2) is 11.5. The van der Waals surface area contributed by atoms with Crippen molar-refractivity contribution in [2.24, 2.45) is 11.8 Å². The van der Waals surface area contributed by atoms with Crippen molar-refractivity contribution in [3.05, 3.63) is 61.7 Å². The average molecular weight is 583 g/mol. The van der Waals surface area contributed by atoms with Crippen LogP contribution in [0.5, 0.6) is 5.75 Å². The van der Waals surface area contributed by atoms with Gasteiger partial charge >= 0.3 is 5.56 Å². The number of likely N-dealkylation sites (tertiary alicyclic amines) is 1. The Morgan fingerprint density at radius 3 is 2.50 bits per heavy atom. The number of nitrogens with one attached hydrogen (secondary N) is 1. The van der Waals surface area contributed by atoms with Crippen molar-refractivity contribution in [1.82, 2.24) is 24.2 Å². The molecule has 13 heteroatoms. The zero-order valence-corrected chi connectivity index (χ0v) is 23.6. The Balaban J connectivity index is 1.68. The molecule has 1 aliphatic rings. The quantitative estimate of drug-likeness (QED) is 0.442. The summed E-state index contributed by atoms with van der Waals surface area (Å²) in [5.74, 6) is -1.06. The molecule has 3 unspecified atom stereocenters. The Labute approximate surface area is 232 Å². The summed E-state index contributed by atoms with van der Waals surface area (Å²) in [6, 6.07) is 4.86. The van der Waals surface area contributed by atoms with E-state index in [2.05, 4.69) is 24.1 Å². The Kier molecular flexibility index (Phi) is 8.49. The lowest BCUT2D eigenvalue weighted by Gasteiger charge is -2.35. The molecule has 0 saturated carbocycles. The minimum absolute atomic E-state index is 0.000561. The van der Waals surface area contributed by atoms with Gasteiger partial charge in [0, 0.05) is 42.9 Å². The van der Waals surface area contributed by atoms with Crippen LogP contribution in [0.2, 0.25) is 10.0 Å². The molecule has 0 spiro atoms. The number of imidazole rings is 1. The van der Waals surface area contributed by atoms with E-state index in [1.54, 1.807) is 23.1 Å². The maximum absolute atomic E-state index is 13.2. The lowest BCUT2D eigenvalue weighted by molar-refractivity contribution is -0.134. The predicted octanol–water partition coefficient (Wildman–Crippen LogP) is 2.82. The minimum atomic E-state index is -1.32. The van der Waals surface area contributed by atoms with Crippen LogP contribution in [0.1, 0.15) is 42.0 Å². The molecular weight excluding hydrogens is 553 g/mol. The number of halogens is 2. The van der Waals surface area contributed by atoms with Gasteiger partial charge in [0.15, 0.2) is 5.69 Å². The number of piperidine rings is 1. The van der Waals surface area contributed by atoms with E-state index >= 15 is 0 Å². The van der Waals surface area contributed by atoms with Crippen LogP contribution in [-0.2, 0) is 34.4 Å². The first-order chi connectivity index (χ1) is 17.9. The molecule has 3 atom stereocenters. The first kappa shape index (κ1) is 28.1. The summed E-state index contributed by atoms with van der Waals surface area (Å²) in [7, 11) is -1.32. The largest absolute Gasteiger partial charge is 0.501 e. The summed E-state index contributed by atoms with van der Waals surface area (Å²) in [5, 5.41) is 13.9. The molecule has 0 aliphatic carbocycles. The molecule has 1 aliphatic heterocycles. The van der Waals surface area contributed by atoms with E-state index in [4.69, 9.17) is 23.2 Å². The topological polar surface area (TPSA) is 126 Å². The highest BCUT2D eigenvalue weighted by Crippen LogP contribution is 2.23. The van der Waals surface area contributed by atoms with Crippen LogP contribution in [0, 0.1) is 11.8 Å². The molecule has 4 rings (SSSR count). The molecule has 1 saturated heterocycles. The molecular formula is C25H29Cl2N5O5S. The molecule has 0 bridgehead atoms. The van der Waals surface area contributed by atoms with Crippen LogP contribution < -0.4 is 10.9 Å². The lowest BCUT2D eigenvalue weighted by atomic mass is 9.92. The van der Waals surface area contributed by atoms with Crippen LogP contribution in [0.25, 0.3) is 5.78 Å². The number of aromatic nitrogens is 3. The zero-order valence-electron chi connectivity index (χ0n) is 21.2. The van der Waals surface area contributed by atoms with Crippen molar-refractivity contribution in [2.45, 2.75) is 39.1 Å². The normalized spacial score (nSPS) is 18.5. The van der Waals surface area contributed by atoms with Gasteiger partial charge in [-0.2, -0.15) is 0 Å². The molecule has 2 N–H and O–H groups in total. The summed E-state index contributed by atoms with van der Waals surface area (Å²) >= 11 is 12.0. The molecule has 0 radical (unpaired) electrons. The van der Waals surface area contributed by atoms with Gasteiger partial charge in [-0.15, -0.1) is 0 Å². The van der Waals surface area contributed by atoms with Crippen molar-refractivity contribution < 1.29 is 18.9 Å². The van der Waals surface area contributed by atoms with Gasteiger partial charge in [-0.25, -0.2) is 9.38 Å². The predicted molar refractivity (Wildman–Crippen MR) is 146 cm³/mol. The van der Waals surface area contributed by atoms with Crippen LogP contribution in [0.15, 0.2) is 29.2 Å². The van der Waals surface area contributed by atoms with Crippen molar-refractivity contribution in [3.8, 4) is 5.75 Å². The highest BCUT2D eigenvalue weighted by atomic mass is 35.5. The van der Waals surface area contributed by atoms with E-state index in [1.165, 1.54) is 17.0 Å². The molecule has 38 heavy (non-hydrogen) atoms. The van der Waals surface area contributed by atoms with Crippen molar-refractivity contribution in [3.63, 3.8) is 0 Å². The van der Waals surface area contributed by atoms with Gasteiger partial charge in [-0.1, -0.05) is 43.1 Å². The second-order valence-corrected chi connectivity index (χ2v) is 12.1. The fraction of sp³-hybridized carbons (Fsp3) is 0.440. The van der Waals surface area contributed by atoms with Gasteiger partial charge < -0.3 is 19.9 Å². The SMILES string of the molecule is CC1CC(C)CN(C(=O)Cn2cc(CS(C)=O)n3c(=O)c(O)c(C(=O)NCc4ccc(Cl)c(Cl)c4)nc23)C1. The Bertz CT molecular complexity index is 1480. The van der Waals surface area contributed by atoms with Gasteiger partial charge in [0.05, 0.1) is 21.5 Å². The fourth-order valence-electron chi connectivity index (χ4n) is 4.86. The number of hydrogen-bond acceptors (Lipinski definition) is 6. The van der Waals surface area contributed by atoms with E-state index in [-0.39, 0.29) is 30.5 Å². The zero-order chi connectivity index (χ0) is 27.7. The maximum Gasteiger partial charge on any atom is 0.302 e. The molecule has 10 nitrogen and oxygen atoms in total. The van der Waals surface area contributed by atoms with Gasteiger partial charge in [0.25, 0.3) is 5.91 Å². The first-order valence-corrected chi connectivity index (χ1v) is 14.6. The van der Waals surface area contributed by atoms with E-state index in [0.717, 1.165) is 10.8 Å². The Morgan fingerprint density at radius 1 is 1.18 bits per heavy atom. The number of amides is 2. The number of nitrogens with zero attached hydrogens (tertiary/aromatic N) is 4. The second-order valence-electron chi connectivity index (χ2n) is 9.89. The molecule has 3 aromatic rings. The molecule has 204 valence electrons. The molecule has 1 fully saturated rings. The summed E-state index contributed by atoms with van der Waals surface area (Å²) in [5.41, 5.74) is -0.408. The smallest absolute Gasteiger partial charge is 0.302 e. The monoisotopic (exact) mass is 581 g/mol. The number of carbonyl (C=O) groups is 2. The summed E-state index contributed by atoms with van der Waals surface area (Å²) in [6.07, 6.45) is 4.05. The third-order valence-electron chi connectivity index (χ3n) is 6.42. The number of aromatic hydroxyl groups is 1. The van der Waals surface area contributed by atoms with E-state index in [1.807, 2.05) is 0 Å². The molecule has 3 heterocycles. The number of fused-ring (bicyclic) bond motifs is 1. The van der Waals surface area contributed by atoms with Crippen LogP contribution in [-0.4, -0.2) is 59.3 Å². The number of rotatable bonds is 7. The van der Waals surface area contributed by atoms with E-state index in [9.17, 15) is 23.7 Å². The van der Waals surface area contributed by atoms with Crippen LogP contribution in [0.4, 0.5) is 0 Å². The summed E-state index contributed by atoms with van der Waals surface area (Å²) in [6.45, 7) is 5.38. The highest BCUT2D eigenvalue weighted by Gasteiger charge is 2.28. The number of hydrogen-bond donors (Lipinski definition) is 2. The van der Waals surface area contributed by atoms with Crippen LogP contribution in [0.3, 0.4) is 0 Å².